The molecule has 2 aromatic heterocycles. The van der Waals surface area contributed by atoms with Gasteiger partial charge in [0.05, 0.1) is 11.9 Å². The molecule has 1 aliphatic rings. The first kappa shape index (κ1) is 18.2. The molecule has 1 aliphatic heterocycles. The molecule has 0 bridgehead atoms. The highest BCUT2D eigenvalue weighted by Gasteiger charge is 2.26. The molecule has 1 atom stereocenters. The van der Waals surface area contributed by atoms with E-state index in [1.54, 1.807) is 10.9 Å². The Morgan fingerprint density at radius 3 is 2.43 bits per heavy atom. The van der Waals surface area contributed by atoms with Gasteiger partial charge in [0.1, 0.15) is 18.6 Å². The molecule has 0 aliphatic carbocycles. The molecule has 0 saturated heterocycles. The topological polar surface area (TPSA) is 77.8 Å². The van der Waals surface area contributed by atoms with Crippen molar-refractivity contribution in [3.05, 3.63) is 90.1 Å². The first-order valence-corrected chi connectivity index (χ1v) is 9.69. The van der Waals surface area contributed by atoms with Crippen LogP contribution in [-0.2, 0) is 18.4 Å². The fraction of sp³-hybridized carbons (Fsp3) is 0.130. The van der Waals surface area contributed by atoms with Crippen LogP contribution < -0.4 is 5.32 Å². The fourth-order valence-corrected chi connectivity index (χ4v) is 3.52. The van der Waals surface area contributed by atoms with Crippen molar-refractivity contribution in [2.75, 3.05) is 5.32 Å². The zero-order valence-electron chi connectivity index (χ0n) is 16.4. The van der Waals surface area contributed by atoms with E-state index in [0.29, 0.717) is 6.61 Å². The van der Waals surface area contributed by atoms with Crippen LogP contribution in [0.2, 0.25) is 0 Å². The Morgan fingerprint density at radius 2 is 1.73 bits per heavy atom. The van der Waals surface area contributed by atoms with Crippen molar-refractivity contribution in [2.24, 2.45) is 7.05 Å². The second-order valence-electron chi connectivity index (χ2n) is 6.99. The Morgan fingerprint density at radius 1 is 1.00 bits per heavy atom. The SMILES string of the molecule is Cn1ncnc1COC1Nc2c(cnnc2-c2ccccc2)C=C1c1ccccc1. The Kier molecular flexibility index (Phi) is 4.78. The van der Waals surface area contributed by atoms with E-state index in [2.05, 4.69) is 43.8 Å². The maximum atomic E-state index is 6.27. The molecule has 0 fully saturated rings. The quantitative estimate of drug-likeness (QED) is 0.553. The van der Waals surface area contributed by atoms with Crippen molar-refractivity contribution < 1.29 is 4.74 Å². The summed E-state index contributed by atoms with van der Waals surface area (Å²) in [5, 5.41) is 16.3. The van der Waals surface area contributed by atoms with Gasteiger partial charge >= 0.3 is 0 Å². The van der Waals surface area contributed by atoms with Gasteiger partial charge in [-0.1, -0.05) is 60.7 Å². The number of aryl methyl sites for hydroxylation is 1. The minimum atomic E-state index is -0.372. The number of ether oxygens (including phenoxy) is 1. The third-order valence-electron chi connectivity index (χ3n) is 5.09. The Hall–Kier alpha value is -3.84. The second kappa shape index (κ2) is 7.88. The Bertz CT molecular complexity index is 1190. The highest BCUT2D eigenvalue weighted by atomic mass is 16.5. The summed E-state index contributed by atoms with van der Waals surface area (Å²) >= 11 is 0. The number of aromatic nitrogens is 5. The van der Waals surface area contributed by atoms with Gasteiger partial charge in [-0.05, 0) is 11.6 Å². The standard InChI is InChI=1S/C23H20N6O/c1-29-20(24-15-26-29)14-30-23-19(16-8-4-2-5-9-16)12-18-13-25-28-22(21(18)27-23)17-10-6-3-7-11-17/h2-13,15,23,27H,14H2,1H3. The zero-order valence-corrected chi connectivity index (χ0v) is 16.4. The summed E-state index contributed by atoms with van der Waals surface area (Å²) in [5.41, 5.74) is 5.77. The van der Waals surface area contributed by atoms with E-state index in [9.17, 15) is 0 Å². The normalized spacial score (nSPS) is 15.2. The van der Waals surface area contributed by atoms with Crippen LogP contribution >= 0.6 is 0 Å². The molecule has 0 saturated carbocycles. The van der Waals surface area contributed by atoms with Crippen molar-refractivity contribution >= 4 is 17.3 Å². The average molecular weight is 396 g/mol. The summed E-state index contributed by atoms with van der Waals surface area (Å²) in [6.07, 6.45) is 5.04. The average Bonchev–Trinajstić information content (AvgIpc) is 3.22. The third kappa shape index (κ3) is 3.46. The fourth-order valence-electron chi connectivity index (χ4n) is 3.52. The van der Waals surface area contributed by atoms with Crippen LogP contribution in [0.25, 0.3) is 22.9 Å². The number of hydrogen-bond acceptors (Lipinski definition) is 6. The summed E-state index contributed by atoms with van der Waals surface area (Å²) in [5.74, 6) is 0.756. The number of rotatable bonds is 5. The molecule has 3 heterocycles. The van der Waals surface area contributed by atoms with Gasteiger partial charge in [0.15, 0.2) is 12.1 Å². The predicted molar refractivity (Wildman–Crippen MR) is 115 cm³/mol. The van der Waals surface area contributed by atoms with Gasteiger partial charge in [-0.15, -0.1) is 5.10 Å². The molecular formula is C23H20N6O. The molecule has 0 amide bonds. The van der Waals surface area contributed by atoms with Crippen LogP contribution in [0.3, 0.4) is 0 Å². The third-order valence-corrected chi connectivity index (χ3v) is 5.09. The van der Waals surface area contributed by atoms with Crippen molar-refractivity contribution in [2.45, 2.75) is 12.8 Å². The molecular weight excluding hydrogens is 376 g/mol. The molecule has 5 rings (SSSR count). The summed E-state index contributed by atoms with van der Waals surface area (Å²) in [6, 6.07) is 20.2. The van der Waals surface area contributed by atoms with Gasteiger partial charge in [-0.2, -0.15) is 10.2 Å². The van der Waals surface area contributed by atoms with E-state index < -0.39 is 0 Å². The van der Waals surface area contributed by atoms with E-state index in [1.165, 1.54) is 6.33 Å². The summed E-state index contributed by atoms with van der Waals surface area (Å²) in [6.45, 7) is 0.326. The van der Waals surface area contributed by atoms with Gasteiger partial charge in [0.2, 0.25) is 0 Å². The maximum Gasteiger partial charge on any atom is 0.155 e. The summed E-state index contributed by atoms with van der Waals surface area (Å²) < 4.78 is 7.98. The molecule has 7 heteroatoms. The van der Waals surface area contributed by atoms with Crippen LogP contribution in [0, 0.1) is 0 Å². The lowest BCUT2D eigenvalue weighted by Crippen LogP contribution is -2.29. The molecule has 0 spiro atoms. The number of hydrogen-bond donors (Lipinski definition) is 1. The van der Waals surface area contributed by atoms with Gasteiger partial charge in [0.25, 0.3) is 0 Å². The zero-order chi connectivity index (χ0) is 20.3. The molecule has 1 unspecified atom stereocenters. The highest BCUT2D eigenvalue weighted by molar-refractivity contribution is 5.95. The molecule has 0 radical (unpaired) electrons. The minimum absolute atomic E-state index is 0.326. The maximum absolute atomic E-state index is 6.27. The van der Waals surface area contributed by atoms with Gasteiger partial charge in [0, 0.05) is 23.7 Å². The van der Waals surface area contributed by atoms with Crippen LogP contribution in [0.1, 0.15) is 17.0 Å². The smallest absolute Gasteiger partial charge is 0.155 e. The minimum Gasteiger partial charge on any atom is -0.354 e. The number of fused-ring (bicyclic) bond motifs is 1. The van der Waals surface area contributed by atoms with Gasteiger partial charge in [-0.3, -0.25) is 4.68 Å². The first-order valence-electron chi connectivity index (χ1n) is 9.69. The number of benzene rings is 2. The lowest BCUT2D eigenvalue weighted by atomic mass is 9.96. The summed E-state index contributed by atoms with van der Waals surface area (Å²) in [7, 11) is 1.85. The molecule has 30 heavy (non-hydrogen) atoms. The second-order valence-corrected chi connectivity index (χ2v) is 6.99. The lowest BCUT2D eigenvalue weighted by molar-refractivity contribution is 0.0885. The summed E-state index contributed by atoms with van der Waals surface area (Å²) in [4.78, 5) is 4.26. The molecule has 1 N–H and O–H groups in total. The Balaban J connectivity index is 1.56. The molecule has 148 valence electrons. The van der Waals surface area contributed by atoms with Crippen molar-refractivity contribution in [1.82, 2.24) is 25.0 Å². The van der Waals surface area contributed by atoms with Crippen LogP contribution in [0.15, 0.2) is 73.2 Å². The predicted octanol–water partition coefficient (Wildman–Crippen LogP) is 3.78. The van der Waals surface area contributed by atoms with Crippen molar-refractivity contribution in [3.63, 3.8) is 0 Å². The molecule has 4 aromatic rings. The van der Waals surface area contributed by atoms with Crippen LogP contribution in [-0.4, -0.2) is 31.2 Å². The number of nitrogens with one attached hydrogen (secondary N) is 1. The highest BCUT2D eigenvalue weighted by Crippen LogP contribution is 2.37. The number of nitrogens with zero attached hydrogens (tertiary/aromatic N) is 5. The largest absolute Gasteiger partial charge is 0.354 e. The van der Waals surface area contributed by atoms with E-state index in [-0.39, 0.29) is 6.23 Å². The van der Waals surface area contributed by atoms with Crippen LogP contribution in [0.5, 0.6) is 0 Å². The molecule has 7 nitrogen and oxygen atoms in total. The van der Waals surface area contributed by atoms with E-state index in [4.69, 9.17) is 4.74 Å². The van der Waals surface area contributed by atoms with Crippen molar-refractivity contribution in [1.29, 1.82) is 0 Å². The first-order chi connectivity index (χ1) is 14.8. The number of anilines is 1. The van der Waals surface area contributed by atoms with E-state index in [0.717, 1.165) is 39.5 Å². The van der Waals surface area contributed by atoms with E-state index >= 15 is 0 Å². The Labute approximate surface area is 174 Å². The van der Waals surface area contributed by atoms with Gasteiger partial charge < -0.3 is 10.1 Å². The van der Waals surface area contributed by atoms with Crippen LogP contribution in [0.4, 0.5) is 5.69 Å². The lowest BCUT2D eigenvalue weighted by Gasteiger charge is -2.29. The van der Waals surface area contributed by atoms with Gasteiger partial charge in [-0.25, -0.2) is 4.98 Å². The van der Waals surface area contributed by atoms with Crippen molar-refractivity contribution in [3.8, 4) is 11.3 Å². The monoisotopic (exact) mass is 396 g/mol. The molecule has 2 aromatic carbocycles. The van der Waals surface area contributed by atoms with E-state index in [1.807, 2.05) is 55.6 Å².